The lowest BCUT2D eigenvalue weighted by Crippen LogP contribution is -2.35. The van der Waals surface area contributed by atoms with Crippen LogP contribution in [0, 0.1) is 0 Å². The Morgan fingerprint density at radius 2 is 2.31 bits per heavy atom. The summed E-state index contributed by atoms with van der Waals surface area (Å²) in [7, 11) is -2.29. The van der Waals surface area contributed by atoms with Gasteiger partial charge in [-0.2, -0.15) is 4.31 Å². The zero-order valence-electron chi connectivity index (χ0n) is 8.29. The Kier molecular flexibility index (Phi) is 4.14. The molecule has 0 unspecified atom stereocenters. The van der Waals surface area contributed by atoms with Gasteiger partial charge in [0, 0.05) is 7.05 Å². The molecule has 0 amide bonds. The average Bonchev–Trinajstić information content (AvgIpc) is 2.65. The van der Waals surface area contributed by atoms with E-state index in [9.17, 15) is 8.42 Å². The fraction of sp³-hybridized carbons (Fsp3) is 0.286. The lowest BCUT2D eigenvalue weighted by Gasteiger charge is -2.14. The monoisotopic (exact) mass is 283 g/mol. The number of hydrogen-bond acceptors (Lipinski definition) is 5. The number of oxime groups is 1. The van der Waals surface area contributed by atoms with Gasteiger partial charge in [-0.05, 0) is 12.1 Å². The standard InChI is InChI=1S/C7H10ClN3O3S2/c1-11(4-6(9)10-12)16(13,14)7-3-2-5(8)15-7/h2-3,12H,4H2,1H3,(H2,9,10). The number of rotatable bonds is 4. The second-order valence-corrected chi connectivity index (χ2v) is 6.90. The van der Waals surface area contributed by atoms with Gasteiger partial charge in [-0.3, -0.25) is 0 Å². The molecule has 0 aliphatic carbocycles. The lowest BCUT2D eigenvalue weighted by atomic mass is 10.6. The summed E-state index contributed by atoms with van der Waals surface area (Å²) < 4.78 is 25.2. The third-order valence-corrected chi connectivity index (χ3v) is 5.23. The van der Waals surface area contributed by atoms with Crippen molar-refractivity contribution < 1.29 is 13.6 Å². The van der Waals surface area contributed by atoms with Crippen molar-refractivity contribution in [3.63, 3.8) is 0 Å². The number of nitrogens with zero attached hydrogens (tertiary/aromatic N) is 2. The average molecular weight is 284 g/mol. The van der Waals surface area contributed by atoms with Crippen LogP contribution in [0.1, 0.15) is 0 Å². The highest BCUT2D eigenvalue weighted by atomic mass is 35.5. The Hall–Kier alpha value is -0.830. The third-order valence-electron chi connectivity index (χ3n) is 1.73. The molecular weight excluding hydrogens is 274 g/mol. The van der Waals surface area contributed by atoms with Crippen molar-refractivity contribution in [2.45, 2.75) is 4.21 Å². The molecule has 9 heteroatoms. The Bertz CT molecular complexity index is 497. The second-order valence-electron chi connectivity index (χ2n) is 2.91. The van der Waals surface area contributed by atoms with E-state index in [-0.39, 0.29) is 16.6 Å². The highest BCUT2D eigenvalue weighted by Crippen LogP contribution is 2.27. The van der Waals surface area contributed by atoms with Crippen molar-refractivity contribution in [3.8, 4) is 0 Å². The molecular formula is C7H10ClN3O3S2. The fourth-order valence-electron chi connectivity index (χ4n) is 0.935. The maximum atomic E-state index is 11.9. The van der Waals surface area contributed by atoms with Crippen LogP contribution < -0.4 is 5.73 Å². The van der Waals surface area contributed by atoms with Crippen molar-refractivity contribution in [1.29, 1.82) is 0 Å². The largest absolute Gasteiger partial charge is 0.409 e. The van der Waals surface area contributed by atoms with Crippen LogP contribution in [0.5, 0.6) is 0 Å². The summed E-state index contributed by atoms with van der Waals surface area (Å²) in [5, 5.41) is 11.1. The normalized spacial score (nSPS) is 13.3. The molecule has 0 fully saturated rings. The van der Waals surface area contributed by atoms with Crippen molar-refractivity contribution in [1.82, 2.24) is 4.31 Å². The maximum absolute atomic E-state index is 11.9. The van der Waals surface area contributed by atoms with Crippen LogP contribution >= 0.6 is 22.9 Å². The molecule has 0 aliphatic heterocycles. The highest BCUT2D eigenvalue weighted by Gasteiger charge is 2.23. The van der Waals surface area contributed by atoms with Crippen LogP contribution in [0.15, 0.2) is 21.5 Å². The third kappa shape index (κ3) is 2.85. The SMILES string of the molecule is CN(CC(N)=NO)S(=O)(=O)c1ccc(Cl)s1. The second kappa shape index (κ2) is 5.00. The van der Waals surface area contributed by atoms with Gasteiger partial charge in [0.1, 0.15) is 4.21 Å². The number of thiophene rings is 1. The van der Waals surface area contributed by atoms with Gasteiger partial charge in [0.25, 0.3) is 10.0 Å². The summed E-state index contributed by atoms with van der Waals surface area (Å²) in [5.41, 5.74) is 5.23. The van der Waals surface area contributed by atoms with E-state index < -0.39 is 10.0 Å². The quantitative estimate of drug-likeness (QED) is 0.369. The van der Waals surface area contributed by atoms with Crippen LogP contribution in [0.3, 0.4) is 0 Å². The van der Waals surface area contributed by atoms with Crippen molar-refractivity contribution in [2.24, 2.45) is 10.9 Å². The smallest absolute Gasteiger partial charge is 0.252 e. The Morgan fingerprint density at radius 3 is 2.75 bits per heavy atom. The van der Waals surface area contributed by atoms with Gasteiger partial charge in [-0.15, -0.1) is 11.3 Å². The minimum absolute atomic E-state index is 0.116. The summed E-state index contributed by atoms with van der Waals surface area (Å²) in [4.78, 5) is 0. The van der Waals surface area contributed by atoms with Gasteiger partial charge in [0.2, 0.25) is 0 Å². The van der Waals surface area contributed by atoms with E-state index in [4.69, 9.17) is 22.5 Å². The molecule has 90 valence electrons. The number of sulfonamides is 1. The van der Waals surface area contributed by atoms with Crippen LogP contribution in [0.25, 0.3) is 0 Å². The van der Waals surface area contributed by atoms with Gasteiger partial charge in [0.15, 0.2) is 5.84 Å². The first-order chi connectivity index (χ1) is 7.37. The summed E-state index contributed by atoms with van der Waals surface area (Å²) in [5.74, 6) is -0.186. The highest BCUT2D eigenvalue weighted by molar-refractivity contribution is 7.91. The van der Waals surface area contributed by atoms with Crippen LogP contribution in [-0.2, 0) is 10.0 Å². The minimum Gasteiger partial charge on any atom is -0.409 e. The predicted molar refractivity (Wildman–Crippen MR) is 62.6 cm³/mol. The Labute approximate surface area is 102 Å². The molecule has 3 N–H and O–H groups in total. The lowest BCUT2D eigenvalue weighted by molar-refractivity contribution is 0.315. The summed E-state index contributed by atoms with van der Waals surface area (Å²) in [6.07, 6.45) is 0. The number of halogens is 1. The van der Waals surface area contributed by atoms with E-state index in [1.807, 2.05) is 0 Å². The van der Waals surface area contributed by atoms with Gasteiger partial charge in [-0.25, -0.2) is 8.42 Å². The van der Waals surface area contributed by atoms with E-state index in [0.29, 0.717) is 4.34 Å². The van der Waals surface area contributed by atoms with Crippen LogP contribution in [0.4, 0.5) is 0 Å². The van der Waals surface area contributed by atoms with E-state index >= 15 is 0 Å². The van der Waals surface area contributed by atoms with E-state index in [0.717, 1.165) is 15.6 Å². The van der Waals surface area contributed by atoms with Crippen molar-refractivity contribution in [3.05, 3.63) is 16.5 Å². The molecule has 0 spiro atoms. The molecule has 0 atom stereocenters. The van der Waals surface area contributed by atoms with Gasteiger partial charge < -0.3 is 10.9 Å². The van der Waals surface area contributed by atoms with E-state index in [1.54, 1.807) is 0 Å². The van der Waals surface area contributed by atoms with E-state index in [2.05, 4.69) is 5.16 Å². The fourth-order valence-corrected chi connectivity index (χ4v) is 3.77. The molecule has 1 aromatic rings. The molecule has 1 heterocycles. The number of likely N-dealkylation sites (N-methyl/N-ethyl adjacent to an activating group) is 1. The zero-order valence-corrected chi connectivity index (χ0v) is 10.7. The molecule has 0 aliphatic rings. The minimum atomic E-state index is -3.63. The molecule has 6 nitrogen and oxygen atoms in total. The van der Waals surface area contributed by atoms with Gasteiger partial charge in [0.05, 0.1) is 10.9 Å². The molecule has 0 aromatic carbocycles. The van der Waals surface area contributed by atoms with Crippen molar-refractivity contribution in [2.75, 3.05) is 13.6 Å². The maximum Gasteiger partial charge on any atom is 0.252 e. The molecule has 0 bridgehead atoms. The first-order valence-corrected chi connectivity index (χ1v) is 6.69. The number of amidine groups is 1. The summed E-state index contributed by atoms with van der Waals surface area (Å²) in [6.45, 7) is -0.186. The van der Waals surface area contributed by atoms with Crippen molar-refractivity contribution >= 4 is 38.8 Å². The van der Waals surface area contributed by atoms with Gasteiger partial charge in [-0.1, -0.05) is 16.8 Å². The number of nitrogens with two attached hydrogens (primary N) is 1. The van der Waals surface area contributed by atoms with Crippen LogP contribution in [-0.4, -0.2) is 37.4 Å². The predicted octanol–water partition coefficient (Wildman–Crippen LogP) is 0.768. The zero-order chi connectivity index (χ0) is 12.3. The summed E-state index contributed by atoms with van der Waals surface area (Å²) >= 11 is 6.60. The van der Waals surface area contributed by atoms with Crippen LogP contribution in [0.2, 0.25) is 4.34 Å². The first kappa shape index (κ1) is 13.2. The molecule has 1 rings (SSSR count). The number of hydrogen-bond donors (Lipinski definition) is 2. The molecule has 0 radical (unpaired) electrons. The first-order valence-electron chi connectivity index (χ1n) is 4.06. The topological polar surface area (TPSA) is 96.0 Å². The molecule has 0 saturated heterocycles. The molecule has 0 saturated carbocycles. The molecule has 16 heavy (non-hydrogen) atoms. The van der Waals surface area contributed by atoms with E-state index in [1.165, 1.54) is 19.2 Å². The molecule has 1 aromatic heterocycles. The Balaban J connectivity index is 2.94. The van der Waals surface area contributed by atoms with Gasteiger partial charge >= 0.3 is 0 Å². The summed E-state index contributed by atoms with van der Waals surface area (Å²) in [6, 6.07) is 2.90. The Morgan fingerprint density at radius 1 is 1.69 bits per heavy atom.